The molecule has 0 aliphatic rings. The second kappa shape index (κ2) is 7.27. The molecule has 3 aromatic carbocycles. The molecule has 128 valence electrons. The van der Waals surface area contributed by atoms with E-state index in [9.17, 15) is 8.42 Å². The molecule has 0 saturated carbocycles. The zero-order chi connectivity index (χ0) is 17.7. The van der Waals surface area contributed by atoms with Crippen LogP contribution in [-0.4, -0.2) is 14.7 Å². The van der Waals surface area contributed by atoms with Crippen LogP contribution >= 0.6 is 0 Å². The van der Waals surface area contributed by atoms with Crippen LogP contribution in [0.25, 0.3) is 0 Å². The topological polar surface area (TPSA) is 70.2 Å². The maximum absolute atomic E-state index is 11.3. The third-order valence-electron chi connectivity index (χ3n) is 3.40. The van der Waals surface area contributed by atoms with Crippen LogP contribution in [0.1, 0.15) is 0 Å². The maximum atomic E-state index is 11.3. The lowest BCUT2D eigenvalue weighted by Crippen LogP contribution is -2.09. The lowest BCUT2D eigenvalue weighted by Gasteiger charge is -2.11. The number of hydrogen-bond donors (Lipinski definition) is 3. The molecule has 25 heavy (non-hydrogen) atoms. The zero-order valence-electron chi connectivity index (χ0n) is 13.7. The Morgan fingerprint density at radius 1 is 0.600 bits per heavy atom. The Morgan fingerprint density at radius 3 is 1.68 bits per heavy atom. The Kier molecular flexibility index (Phi) is 4.90. The fourth-order valence-corrected chi connectivity index (χ4v) is 2.92. The number of para-hydroxylation sites is 1. The van der Waals surface area contributed by atoms with E-state index in [1.807, 2.05) is 60.7 Å². The summed E-state index contributed by atoms with van der Waals surface area (Å²) in [6.45, 7) is 0. The number of benzene rings is 3. The molecule has 0 saturated heterocycles. The summed E-state index contributed by atoms with van der Waals surface area (Å²) in [7, 11) is -3.29. The zero-order valence-corrected chi connectivity index (χ0v) is 14.5. The number of sulfonamides is 1. The van der Waals surface area contributed by atoms with Gasteiger partial charge in [-0.1, -0.05) is 24.3 Å². The molecule has 0 amide bonds. The fraction of sp³-hybridized carbons (Fsp3) is 0.0526. The van der Waals surface area contributed by atoms with Gasteiger partial charge in [0.2, 0.25) is 10.0 Å². The molecular weight excluding hydrogens is 334 g/mol. The molecule has 0 unspecified atom stereocenters. The van der Waals surface area contributed by atoms with Gasteiger partial charge in [-0.05, 0) is 54.6 Å². The van der Waals surface area contributed by atoms with E-state index < -0.39 is 10.0 Å². The minimum absolute atomic E-state index is 0.523. The molecule has 0 aliphatic heterocycles. The maximum Gasteiger partial charge on any atom is 0.229 e. The average molecular weight is 353 g/mol. The Labute approximate surface area is 147 Å². The molecule has 0 aromatic heterocycles. The van der Waals surface area contributed by atoms with Gasteiger partial charge in [-0.3, -0.25) is 4.72 Å². The van der Waals surface area contributed by atoms with E-state index in [-0.39, 0.29) is 0 Å². The summed E-state index contributed by atoms with van der Waals surface area (Å²) in [5.74, 6) is 0. The first kappa shape index (κ1) is 16.9. The van der Waals surface area contributed by atoms with Gasteiger partial charge in [0, 0.05) is 22.7 Å². The highest BCUT2D eigenvalue weighted by atomic mass is 32.2. The quantitative estimate of drug-likeness (QED) is 0.608. The molecule has 0 bridgehead atoms. The molecule has 0 spiro atoms. The summed E-state index contributed by atoms with van der Waals surface area (Å²) < 4.78 is 25.1. The lowest BCUT2D eigenvalue weighted by atomic mass is 10.2. The highest BCUT2D eigenvalue weighted by Gasteiger charge is 2.03. The first-order valence-electron chi connectivity index (χ1n) is 7.75. The SMILES string of the molecule is CS(=O)(=O)Nc1cccc(Nc2ccc(Nc3ccccc3)cc2)c1. The van der Waals surface area contributed by atoms with E-state index in [0.717, 1.165) is 29.0 Å². The summed E-state index contributed by atoms with van der Waals surface area (Å²) in [5.41, 5.74) is 4.26. The molecule has 5 nitrogen and oxygen atoms in total. The van der Waals surface area contributed by atoms with Crippen molar-refractivity contribution in [3.05, 3.63) is 78.9 Å². The van der Waals surface area contributed by atoms with Crippen LogP contribution in [0.2, 0.25) is 0 Å². The molecule has 3 aromatic rings. The summed E-state index contributed by atoms with van der Waals surface area (Å²) in [5, 5.41) is 6.58. The minimum Gasteiger partial charge on any atom is -0.356 e. The smallest absolute Gasteiger partial charge is 0.229 e. The Bertz CT molecular complexity index is 940. The highest BCUT2D eigenvalue weighted by molar-refractivity contribution is 7.92. The average Bonchev–Trinajstić information content (AvgIpc) is 2.56. The molecule has 3 N–H and O–H groups in total. The van der Waals surface area contributed by atoms with Gasteiger partial charge < -0.3 is 10.6 Å². The standard InChI is InChI=1S/C19H19N3O2S/c1-25(23,24)22-19-9-5-8-18(14-19)21-17-12-10-16(11-13-17)20-15-6-3-2-4-7-15/h2-14,20-22H,1H3. The van der Waals surface area contributed by atoms with E-state index >= 15 is 0 Å². The second-order valence-electron chi connectivity index (χ2n) is 5.65. The van der Waals surface area contributed by atoms with Crippen molar-refractivity contribution < 1.29 is 8.42 Å². The van der Waals surface area contributed by atoms with E-state index in [1.54, 1.807) is 18.2 Å². The first-order valence-corrected chi connectivity index (χ1v) is 9.64. The second-order valence-corrected chi connectivity index (χ2v) is 7.40. The van der Waals surface area contributed by atoms with Crippen molar-refractivity contribution in [2.24, 2.45) is 0 Å². The fourth-order valence-electron chi connectivity index (χ4n) is 2.37. The van der Waals surface area contributed by atoms with Crippen LogP contribution < -0.4 is 15.4 Å². The Hall–Kier alpha value is -2.99. The third kappa shape index (κ3) is 5.26. The lowest BCUT2D eigenvalue weighted by molar-refractivity contribution is 0.607. The number of rotatable bonds is 6. The predicted octanol–water partition coefficient (Wildman–Crippen LogP) is 4.55. The first-order chi connectivity index (χ1) is 12.0. The van der Waals surface area contributed by atoms with Gasteiger partial charge in [0.1, 0.15) is 0 Å². The molecular formula is C19H19N3O2S. The van der Waals surface area contributed by atoms with Crippen molar-refractivity contribution in [2.75, 3.05) is 21.6 Å². The predicted molar refractivity (Wildman–Crippen MR) is 104 cm³/mol. The monoisotopic (exact) mass is 353 g/mol. The van der Waals surface area contributed by atoms with E-state index in [4.69, 9.17) is 0 Å². The van der Waals surface area contributed by atoms with E-state index in [1.165, 1.54) is 0 Å². The Balaban J connectivity index is 1.68. The minimum atomic E-state index is -3.29. The molecule has 6 heteroatoms. The van der Waals surface area contributed by atoms with Crippen LogP contribution in [0.4, 0.5) is 28.4 Å². The normalized spacial score (nSPS) is 10.9. The summed E-state index contributed by atoms with van der Waals surface area (Å²) >= 11 is 0. The van der Waals surface area contributed by atoms with Gasteiger partial charge in [-0.15, -0.1) is 0 Å². The Morgan fingerprint density at radius 2 is 1.08 bits per heavy atom. The van der Waals surface area contributed by atoms with E-state index in [2.05, 4.69) is 15.4 Å². The van der Waals surface area contributed by atoms with Crippen molar-refractivity contribution in [3.63, 3.8) is 0 Å². The largest absolute Gasteiger partial charge is 0.356 e. The van der Waals surface area contributed by atoms with Crippen molar-refractivity contribution in [1.82, 2.24) is 0 Å². The van der Waals surface area contributed by atoms with Crippen LogP contribution in [0.3, 0.4) is 0 Å². The van der Waals surface area contributed by atoms with Gasteiger partial charge in [0.15, 0.2) is 0 Å². The molecule has 0 fully saturated rings. The number of nitrogens with one attached hydrogen (secondary N) is 3. The van der Waals surface area contributed by atoms with Gasteiger partial charge in [0.05, 0.1) is 11.9 Å². The molecule has 0 aliphatic carbocycles. The number of anilines is 5. The van der Waals surface area contributed by atoms with E-state index in [0.29, 0.717) is 5.69 Å². The third-order valence-corrected chi connectivity index (χ3v) is 4.01. The van der Waals surface area contributed by atoms with Crippen LogP contribution in [-0.2, 0) is 10.0 Å². The van der Waals surface area contributed by atoms with Gasteiger partial charge >= 0.3 is 0 Å². The van der Waals surface area contributed by atoms with Gasteiger partial charge in [0.25, 0.3) is 0 Å². The molecule has 0 heterocycles. The number of hydrogen-bond acceptors (Lipinski definition) is 4. The van der Waals surface area contributed by atoms with Crippen molar-refractivity contribution in [1.29, 1.82) is 0 Å². The van der Waals surface area contributed by atoms with Crippen molar-refractivity contribution >= 4 is 38.5 Å². The molecule has 3 rings (SSSR count). The molecule has 0 atom stereocenters. The summed E-state index contributed by atoms with van der Waals surface area (Å²) in [4.78, 5) is 0. The summed E-state index contributed by atoms with van der Waals surface area (Å²) in [6.07, 6.45) is 1.13. The van der Waals surface area contributed by atoms with Crippen LogP contribution in [0, 0.1) is 0 Å². The van der Waals surface area contributed by atoms with Gasteiger partial charge in [-0.25, -0.2) is 8.42 Å². The van der Waals surface area contributed by atoms with Crippen molar-refractivity contribution in [3.8, 4) is 0 Å². The highest BCUT2D eigenvalue weighted by Crippen LogP contribution is 2.23. The van der Waals surface area contributed by atoms with Crippen LogP contribution in [0.5, 0.6) is 0 Å². The van der Waals surface area contributed by atoms with Crippen LogP contribution in [0.15, 0.2) is 78.9 Å². The molecule has 0 radical (unpaired) electrons. The van der Waals surface area contributed by atoms with Gasteiger partial charge in [-0.2, -0.15) is 0 Å². The summed E-state index contributed by atoms with van der Waals surface area (Å²) in [6, 6.07) is 25.0. The van der Waals surface area contributed by atoms with Crippen molar-refractivity contribution in [2.45, 2.75) is 0 Å².